The molecule has 3 aliphatic rings. The zero-order valence-corrected chi connectivity index (χ0v) is 16.0. The molecule has 0 radical (unpaired) electrons. The number of carbonyl (C=O) groups is 2. The second-order valence-corrected chi connectivity index (χ2v) is 8.26. The second kappa shape index (κ2) is 5.56. The molecule has 0 unspecified atom stereocenters. The molecule has 1 saturated heterocycles. The van der Waals surface area contributed by atoms with Crippen molar-refractivity contribution in [2.75, 3.05) is 0 Å². The fraction of sp³-hybridized carbons (Fsp3) is 0.619. The summed E-state index contributed by atoms with van der Waals surface area (Å²) in [6.45, 7) is 9.97. The van der Waals surface area contributed by atoms with Gasteiger partial charge in [0, 0.05) is 11.6 Å². The van der Waals surface area contributed by atoms with E-state index in [4.69, 9.17) is 13.9 Å². The molecule has 0 N–H and O–H groups in total. The topological polar surface area (TPSA) is 69.0 Å². The van der Waals surface area contributed by atoms with Gasteiger partial charge in [0.25, 0.3) is 0 Å². The Morgan fingerprint density at radius 3 is 2.85 bits per heavy atom. The van der Waals surface area contributed by atoms with E-state index in [0.717, 1.165) is 30.4 Å². The number of Topliss-reactive ketones (excluding diaryl/α,β-unsaturated/α-hetero) is 1. The molecule has 1 saturated carbocycles. The van der Waals surface area contributed by atoms with Gasteiger partial charge in [0.15, 0.2) is 11.4 Å². The third kappa shape index (κ3) is 2.01. The maximum absolute atomic E-state index is 13.3. The largest absolute Gasteiger partial charge is 0.460 e. The number of rotatable bonds is 3. The van der Waals surface area contributed by atoms with E-state index in [9.17, 15) is 9.59 Å². The summed E-state index contributed by atoms with van der Waals surface area (Å²) in [7, 11) is 0. The van der Waals surface area contributed by atoms with Gasteiger partial charge in [-0.25, -0.2) is 4.79 Å². The zero-order chi connectivity index (χ0) is 18.9. The minimum Gasteiger partial charge on any atom is -0.460 e. The van der Waals surface area contributed by atoms with Crippen LogP contribution in [0.4, 0.5) is 0 Å². The van der Waals surface area contributed by atoms with Gasteiger partial charge in [-0.15, -0.1) is 0 Å². The number of esters is 1. The lowest BCUT2D eigenvalue weighted by atomic mass is 9.53. The average molecular weight is 358 g/mol. The predicted octanol–water partition coefficient (Wildman–Crippen LogP) is 4.30. The molecule has 0 bridgehead atoms. The highest BCUT2D eigenvalue weighted by Crippen LogP contribution is 2.69. The third-order valence-electron chi connectivity index (χ3n) is 6.94. The van der Waals surface area contributed by atoms with Gasteiger partial charge in [-0.05, 0) is 44.6 Å². The van der Waals surface area contributed by atoms with E-state index in [2.05, 4.69) is 6.92 Å². The lowest BCUT2D eigenvalue weighted by molar-refractivity contribution is -0.159. The number of allylic oxidation sites excluding steroid dienone is 1. The van der Waals surface area contributed by atoms with E-state index < -0.39 is 17.1 Å². The molecule has 5 nitrogen and oxygen atoms in total. The van der Waals surface area contributed by atoms with Gasteiger partial charge >= 0.3 is 5.97 Å². The number of epoxide rings is 1. The van der Waals surface area contributed by atoms with Crippen LogP contribution >= 0.6 is 0 Å². The molecule has 5 heteroatoms. The number of fused-ring (bicyclic) bond motifs is 1. The minimum atomic E-state index is -0.920. The van der Waals surface area contributed by atoms with E-state index >= 15 is 0 Å². The van der Waals surface area contributed by atoms with E-state index in [1.54, 1.807) is 12.3 Å². The Labute approximate surface area is 153 Å². The Hall–Kier alpha value is -1.88. The number of aryl methyl sites for hydroxylation is 1. The van der Waals surface area contributed by atoms with Crippen molar-refractivity contribution in [2.24, 2.45) is 11.3 Å². The molecule has 2 fully saturated rings. The number of carbonyl (C=O) groups excluding carboxylic acids is 2. The summed E-state index contributed by atoms with van der Waals surface area (Å²) in [4.78, 5) is 25.9. The monoisotopic (exact) mass is 358 g/mol. The summed E-state index contributed by atoms with van der Waals surface area (Å²) in [5, 5.41) is 0. The number of ketones is 1. The second-order valence-electron chi connectivity index (χ2n) is 8.26. The van der Waals surface area contributed by atoms with Crippen molar-refractivity contribution in [2.45, 2.75) is 71.7 Å². The summed E-state index contributed by atoms with van der Waals surface area (Å²) in [5.41, 5.74) is 0.993. The fourth-order valence-electron chi connectivity index (χ4n) is 4.95. The van der Waals surface area contributed by atoms with Crippen LogP contribution in [0, 0.1) is 18.3 Å². The van der Waals surface area contributed by atoms with E-state index in [1.165, 1.54) is 0 Å². The molecule has 1 aromatic heterocycles. The zero-order valence-electron chi connectivity index (χ0n) is 16.0. The third-order valence-corrected chi connectivity index (χ3v) is 6.94. The number of hydrogen-bond acceptors (Lipinski definition) is 5. The smallest absolute Gasteiger partial charge is 0.331 e. The van der Waals surface area contributed by atoms with Gasteiger partial charge in [-0.1, -0.05) is 26.3 Å². The van der Waals surface area contributed by atoms with Crippen LogP contribution in [0.2, 0.25) is 0 Å². The van der Waals surface area contributed by atoms with Crippen molar-refractivity contribution in [3.63, 3.8) is 0 Å². The highest BCUT2D eigenvalue weighted by Gasteiger charge is 2.80. The standard InChI is InChI=1S/C21H26O5/c1-6-11(2)9-15(22)25-19-16-12(3)10-24-17(16)18(23)21-14(26-21)8-7-13(4)20(19,21)5/h9-10,13-14,19H,6-8H2,1-5H3/t13-,14-,19-,20+,21+/m1/s1. The Balaban J connectivity index is 1.84. The van der Waals surface area contributed by atoms with Crippen LogP contribution in [0.15, 0.2) is 22.3 Å². The maximum atomic E-state index is 13.3. The van der Waals surface area contributed by atoms with Gasteiger partial charge in [-0.3, -0.25) is 4.79 Å². The van der Waals surface area contributed by atoms with Crippen molar-refractivity contribution in [1.82, 2.24) is 0 Å². The predicted molar refractivity (Wildman–Crippen MR) is 94.8 cm³/mol. The summed E-state index contributed by atoms with van der Waals surface area (Å²) in [6, 6.07) is 0. The van der Waals surface area contributed by atoms with Crippen LogP contribution in [-0.2, 0) is 14.3 Å². The van der Waals surface area contributed by atoms with Crippen molar-refractivity contribution < 1.29 is 23.5 Å². The van der Waals surface area contributed by atoms with Gasteiger partial charge < -0.3 is 13.9 Å². The van der Waals surface area contributed by atoms with Gasteiger partial charge in [-0.2, -0.15) is 0 Å². The molecule has 0 aromatic carbocycles. The first kappa shape index (κ1) is 17.5. The average Bonchev–Trinajstić information content (AvgIpc) is 3.24. The summed E-state index contributed by atoms with van der Waals surface area (Å²) < 4.78 is 17.6. The molecule has 1 aromatic rings. The van der Waals surface area contributed by atoms with Gasteiger partial charge in [0.05, 0.1) is 17.8 Å². The molecule has 1 aliphatic heterocycles. The molecule has 4 rings (SSSR count). The maximum Gasteiger partial charge on any atom is 0.331 e. The number of furan rings is 1. The summed E-state index contributed by atoms with van der Waals surface area (Å²) >= 11 is 0. The van der Waals surface area contributed by atoms with Crippen LogP contribution in [0.3, 0.4) is 0 Å². The normalized spacial score (nSPS) is 38.3. The molecular formula is C21H26O5. The number of ether oxygens (including phenoxy) is 2. The molecule has 2 aliphatic carbocycles. The molecule has 26 heavy (non-hydrogen) atoms. The number of hydrogen-bond donors (Lipinski definition) is 0. The van der Waals surface area contributed by atoms with Crippen LogP contribution in [-0.4, -0.2) is 23.5 Å². The Kier molecular flexibility index (Phi) is 3.75. The van der Waals surface area contributed by atoms with E-state index in [-0.39, 0.29) is 23.8 Å². The first-order valence-corrected chi connectivity index (χ1v) is 9.45. The molecular weight excluding hydrogens is 332 g/mol. The minimum absolute atomic E-state index is 0.0905. The first-order chi connectivity index (χ1) is 12.3. The molecule has 0 amide bonds. The van der Waals surface area contributed by atoms with Crippen molar-refractivity contribution in [3.05, 3.63) is 34.8 Å². The Morgan fingerprint density at radius 2 is 2.15 bits per heavy atom. The summed E-state index contributed by atoms with van der Waals surface area (Å²) in [5.74, 6) is 0.0149. The molecule has 2 heterocycles. The summed E-state index contributed by atoms with van der Waals surface area (Å²) in [6.07, 6.45) is 5.05. The highest BCUT2D eigenvalue weighted by molar-refractivity contribution is 6.06. The van der Waals surface area contributed by atoms with Crippen LogP contribution in [0.25, 0.3) is 0 Å². The van der Waals surface area contributed by atoms with E-state index in [1.807, 2.05) is 27.7 Å². The van der Waals surface area contributed by atoms with Crippen LogP contribution in [0.1, 0.15) is 74.7 Å². The first-order valence-electron chi connectivity index (χ1n) is 9.45. The Morgan fingerprint density at radius 1 is 1.42 bits per heavy atom. The molecule has 140 valence electrons. The highest BCUT2D eigenvalue weighted by atomic mass is 16.6. The fourth-order valence-corrected chi connectivity index (χ4v) is 4.95. The van der Waals surface area contributed by atoms with Gasteiger partial charge in [0.2, 0.25) is 5.78 Å². The SMILES string of the molecule is CCC(C)=CC(=O)O[C@@H]1c2c(C)coc2C(=O)[C@@]23O[C@@H]2CC[C@@H](C)[C@@]13C. The quantitative estimate of drug-likeness (QED) is 0.458. The van der Waals surface area contributed by atoms with Crippen molar-refractivity contribution >= 4 is 11.8 Å². The van der Waals surface area contributed by atoms with Crippen LogP contribution in [0.5, 0.6) is 0 Å². The lowest BCUT2D eigenvalue weighted by Crippen LogP contribution is -2.57. The Bertz CT molecular complexity index is 818. The van der Waals surface area contributed by atoms with E-state index in [0.29, 0.717) is 11.3 Å². The van der Waals surface area contributed by atoms with Crippen molar-refractivity contribution in [1.29, 1.82) is 0 Å². The lowest BCUT2D eigenvalue weighted by Gasteiger charge is -2.49. The molecule has 1 spiro atoms. The van der Waals surface area contributed by atoms with Crippen LogP contribution < -0.4 is 0 Å². The van der Waals surface area contributed by atoms with Crippen molar-refractivity contribution in [3.8, 4) is 0 Å². The van der Waals surface area contributed by atoms with Gasteiger partial charge in [0.1, 0.15) is 6.10 Å². The molecule has 5 atom stereocenters.